The van der Waals surface area contributed by atoms with Crippen molar-refractivity contribution < 1.29 is 19.4 Å². The van der Waals surface area contributed by atoms with E-state index in [1.165, 1.54) is 7.11 Å². The standard InChI is InChI=1S/C27H35ClN4O4/c1-30-15-20(13-23(17-30)27(35)36-4)16-32(3)26(34)21-7-5-19(6-8-21)11-12-29-14-24(33)22-9-10-25(28)31(2)18-22/h5-10,13,15,24,29,33H,11-12,14,16-18H2,1-4H3. The van der Waals surface area contributed by atoms with E-state index in [0.717, 1.165) is 23.1 Å². The van der Waals surface area contributed by atoms with Gasteiger partial charge >= 0.3 is 5.97 Å². The number of rotatable bonds is 10. The first-order chi connectivity index (χ1) is 17.2. The number of aliphatic hydroxyl groups is 1. The Labute approximate surface area is 218 Å². The molecule has 3 rings (SSSR count). The second-order valence-corrected chi connectivity index (χ2v) is 9.58. The Hall–Kier alpha value is -3.07. The predicted octanol–water partition coefficient (Wildman–Crippen LogP) is 2.13. The van der Waals surface area contributed by atoms with Crippen LogP contribution in [0, 0.1) is 0 Å². The fourth-order valence-electron chi connectivity index (χ4n) is 4.15. The third kappa shape index (κ3) is 7.46. The number of carbonyl (C=O) groups is 2. The summed E-state index contributed by atoms with van der Waals surface area (Å²) < 4.78 is 4.83. The van der Waals surface area contributed by atoms with Gasteiger partial charge in [0.25, 0.3) is 5.91 Å². The smallest absolute Gasteiger partial charge is 0.335 e. The van der Waals surface area contributed by atoms with Gasteiger partial charge < -0.3 is 29.9 Å². The quantitative estimate of drug-likeness (QED) is 0.281. The first-order valence-corrected chi connectivity index (χ1v) is 12.3. The molecule has 36 heavy (non-hydrogen) atoms. The highest BCUT2D eigenvalue weighted by atomic mass is 35.5. The zero-order valence-corrected chi connectivity index (χ0v) is 22.1. The molecule has 1 aromatic rings. The lowest BCUT2D eigenvalue weighted by Crippen LogP contribution is -2.34. The molecular formula is C27H35ClN4O4. The molecule has 0 fully saturated rings. The molecule has 0 saturated carbocycles. The van der Waals surface area contributed by atoms with Crippen LogP contribution in [0.5, 0.6) is 0 Å². The van der Waals surface area contributed by atoms with Gasteiger partial charge in [-0.2, -0.15) is 0 Å². The molecular weight excluding hydrogens is 480 g/mol. The lowest BCUT2D eigenvalue weighted by molar-refractivity contribution is -0.136. The first-order valence-electron chi connectivity index (χ1n) is 11.9. The molecule has 1 amide bonds. The van der Waals surface area contributed by atoms with Crippen LogP contribution in [-0.2, 0) is 16.0 Å². The molecule has 2 aliphatic rings. The van der Waals surface area contributed by atoms with Crippen LogP contribution < -0.4 is 5.32 Å². The number of methoxy groups -OCH3 is 1. The Kier molecular flexibility index (Phi) is 9.75. The number of allylic oxidation sites excluding steroid dienone is 2. The third-order valence-corrected chi connectivity index (χ3v) is 6.57. The molecule has 1 atom stereocenters. The van der Waals surface area contributed by atoms with E-state index in [4.69, 9.17) is 16.3 Å². The molecule has 0 radical (unpaired) electrons. The minimum atomic E-state index is -0.568. The molecule has 2 N–H and O–H groups in total. The summed E-state index contributed by atoms with van der Waals surface area (Å²) >= 11 is 6.05. The maximum Gasteiger partial charge on any atom is 0.335 e. The number of nitrogens with one attached hydrogen (secondary N) is 1. The first kappa shape index (κ1) is 27.5. The van der Waals surface area contributed by atoms with E-state index in [1.54, 1.807) is 24.1 Å². The Morgan fingerprint density at radius 2 is 1.92 bits per heavy atom. The Balaban J connectivity index is 1.47. The molecule has 1 aromatic carbocycles. The van der Waals surface area contributed by atoms with Gasteiger partial charge in [0.05, 0.1) is 18.8 Å². The zero-order valence-electron chi connectivity index (χ0n) is 21.3. The van der Waals surface area contributed by atoms with Crippen molar-refractivity contribution in [2.24, 2.45) is 0 Å². The maximum absolute atomic E-state index is 12.9. The Bertz CT molecular complexity index is 1080. The van der Waals surface area contributed by atoms with E-state index < -0.39 is 6.10 Å². The molecule has 0 aliphatic carbocycles. The minimum absolute atomic E-state index is 0.0928. The number of esters is 1. The van der Waals surface area contributed by atoms with E-state index in [0.29, 0.717) is 49.0 Å². The predicted molar refractivity (Wildman–Crippen MR) is 141 cm³/mol. The summed E-state index contributed by atoms with van der Waals surface area (Å²) in [6.07, 6.45) is 7.60. The number of hydrogen-bond acceptors (Lipinski definition) is 7. The summed E-state index contributed by atoms with van der Waals surface area (Å²) in [6, 6.07) is 7.57. The molecule has 2 heterocycles. The van der Waals surface area contributed by atoms with Gasteiger partial charge in [-0.05, 0) is 54.0 Å². The molecule has 2 aliphatic heterocycles. The van der Waals surface area contributed by atoms with Crippen molar-refractivity contribution in [1.29, 1.82) is 0 Å². The molecule has 0 spiro atoms. The van der Waals surface area contributed by atoms with Crippen LogP contribution in [-0.4, -0.2) is 98.8 Å². The van der Waals surface area contributed by atoms with Gasteiger partial charge in [-0.15, -0.1) is 0 Å². The summed E-state index contributed by atoms with van der Waals surface area (Å²) in [5, 5.41) is 14.4. The summed E-state index contributed by atoms with van der Waals surface area (Å²) in [6.45, 7) is 2.64. The average molecular weight is 515 g/mol. The molecule has 9 heteroatoms. The highest BCUT2D eigenvalue weighted by Gasteiger charge is 2.19. The van der Waals surface area contributed by atoms with E-state index in [-0.39, 0.29) is 11.9 Å². The van der Waals surface area contributed by atoms with Crippen LogP contribution in [0.15, 0.2) is 70.6 Å². The van der Waals surface area contributed by atoms with Crippen molar-refractivity contribution in [3.8, 4) is 0 Å². The lowest BCUT2D eigenvalue weighted by atomic mass is 10.1. The summed E-state index contributed by atoms with van der Waals surface area (Å²) in [5.41, 5.74) is 4.05. The van der Waals surface area contributed by atoms with Crippen molar-refractivity contribution in [2.45, 2.75) is 12.5 Å². The number of likely N-dealkylation sites (N-methyl/N-ethyl adjacent to an activating group) is 3. The average Bonchev–Trinajstić information content (AvgIpc) is 2.87. The van der Waals surface area contributed by atoms with Gasteiger partial charge in [0.2, 0.25) is 0 Å². The van der Waals surface area contributed by atoms with Crippen molar-refractivity contribution in [3.05, 3.63) is 81.7 Å². The monoisotopic (exact) mass is 514 g/mol. The highest BCUT2D eigenvalue weighted by molar-refractivity contribution is 6.29. The third-order valence-electron chi connectivity index (χ3n) is 6.16. The van der Waals surface area contributed by atoms with Crippen molar-refractivity contribution in [2.75, 3.05) is 61.0 Å². The number of benzene rings is 1. The number of nitrogens with zero attached hydrogens (tertiary/aromatic N) is 3. The molecule has 1 unspecified atom stereocenters. The molecule has 0 saturated heterocycles. The largest absolute Gasteiger partial charge is 0.466 e. The number of aliphatic hydroxyl groups excluding tert-OH is 1. The van der Waals surface area contributed by atoms with Crippen LogP contribution in [0.1, 0.15) is 15.9 Å². The van der Waals surface area contributed by atoms with Crippen LogP contribution in [0.2, 0.25) is 0 Å². The zero-order chi connectivity index (χ0) is 26.2. The summed E-state index contributed by atoms with van der Waals surface area (Å²) in [7, 11) is 6.88. The Morgan fingerprint density at radius 1 is 1.19 bits per heavy atom. The van der Waals surface area contributed by atoms with Gasteiger partial charge in [0, 0.05) is 59.1 Å². The summed E-state index contributed by atoms with van der Waals surface area (Å²) in [4.78, 5) is 30.2. The van der Waals surface area contributed by atoms with E-state index in [9.17, 15) is 14.7 Å². The van der Waals surface area contributed by atoms with E-state index in [2.05, 4.69) is 5.32 Å². The van der Waals surface area contributed by atoms with Gasteiger partial charge in [-0.25, -0.2) is 4.79 Å². The van der Waals surface area contributed by atoms with Gasteiger partial charge in [-0.3, -0.25) is 4.79 Å². The number of halogens is 1. The van der Waals surface area contributed by atoms with Gasteiger partial charge in [0.1, 0.15) is 5.16 Å². The van der Waals surface area contributed by atoms with Crippen LogP contribution in [0.3, 0.4) is 0 Å². The van der Waals surface area contributed by atoms with E-state index in [1.807, 2.05) is 60.4 Å². The van der Waals surface area contributed by atoms with Crippen molar-refractivity contribution in [3.63, 3.8) is 0 Å². The molecule has 194 valence electrons. The SMILES string of the molecule is COC(=O)C1=CC(CN(C)C(=O)c2ccc(CCNCC(O)C3=CC=C(Cl)N(C)C3)cc2)=CN(C)C1. The van der Waals surface area contributed by atoms with Crippen LogP contribution >= 0.6 is 11.6 Å². The van der Waals surface area contributed by atoms with Crippen LogP contribution in [0.25, 0.3) is 0 Å². The number of hydrogen-bond donors (Lipinski definition) is 2. The molecule has 8 nitrogen and oxygen atoms in total. The lowest BCUT2D eigenvalue weighted by Gasteiger charge is -2.26. The second-order valence-electron chi connectivity index (χ2n) is 9.20. The van der Waals surface area contributed by atoms with Crippen molar-refractivity contribution >= 4 is 23.5 Å². The number of ether oxygens (including phenoxy) is 1. The Morgan fingerprint density at radius 3 is 2.58 bits per heavy atom. The van der Waals surface area contributed by atoms with Crippen LogP contribution in [0.4, 0.5) is 0 Å². The van der Waals surface area contributed by atoms with Gasteiger partial charge in [-0.1, -0.05) is 29.8 Å². The normalized spacial score (nSPS) is 16.5. The van der Waals surface area contributed by atoms with Gasteiger partial charge in [0.15, 0.2) is 0 Å². The topological polar surface area (TPSA) is 85.3 Å². The number of carbonyl (C=O) groups excluding carboxylic acids is 2. The van der Waals surface area contributed by atoms with E-state index >= 15 is 0 Å². The minimum Gasteiger partial charge on any atom is -0.466 e. The molecule has 0 bridgehead atoms. The molecule has 0 aromatic heterocycles. The number of amides is 1. The maximum atomic E-state index is 12.9. The fraction of sp³-hybridized carbons (Fsp3) is 0.407. The van der Waals surface area contributed by atoms with Crippen molar-refractivity contribution in [1.82, 2.24) is 20.0 Å². The highest BCUT2D eigenvalue weighted by Crippen LogP contribution is 2.18. The summed E-state index contributed by atoms with van der Waals surface area (Å²) in [5.74, 6) is -0.452. The second kappa shape index (κ2) is 12.8. The fourth-order valence-corrected chi connectivity index (χ4v) is 4.27.